The average Bonchev–Trinajstić information content (AvgIpc) is 2.57. The van der Waals surface area contributed by atoms with Crippen molar-refractivity contribution in [2.45, 2.75) is 52.4 Å². The Hall–Kier alpha value is -1.31. The lowest BCUT2D eigenvalue weighted by Gasteiger charge is -2.18. The van der Waals surface area contributed by atoms with Crippen LogP contribution >= 0.6 is 0 Å². The highest BCUT2D eigenvalue weighted by molar-refractivity contribution is 5.51. The van der Waals surface area contributed by atoms with Crippen molar-refractivity contribution < 1.29 is 0 Å². The van der Waals surface area contributed by atoms with Crippen molar-refractivity contribution >= 4 is 5.52 Å². The van der Waals surface area contributed by atoms with E-state index < -0.39 is 0 Å². The zero-order valence-corrected chi connectivity index (χ0v) is 11.7. The van der Waals surface area contributed by atoms with Gasteiger partial charge in [-0.1, -0.05) is 41.5 Å². The maximum atomic E-state index is 4.62. The van der Waals surface area contributed by atoms with Gasteiger partial charge in [0.1, 0.15) is 0 Å². The molecule has 2 rings (SSSR count). The van der Waals surface area contributed by atoms with Gasteiger partial charge in [0, 0.05) is 11.6 Å². The summed E-state index contributed by atoms with van der Waals surface area (Å²) >= 11 is 0. The maximum absolute atomic E-state index is 4.62. The quantitative estimate of drug-likeness (QED) is 0.670. The summed E-state index contributed by atoms with van der Waals surface area (Å²) in [5.74, 6) is 0. The number of hydrogen-bond acceptors (Lipinski definition) is 1. The molecule has 0 fully saturated rings. The van der Waals surface area contributed by atoms with Crippen molar-refractivity contribution in [3.8, 4) is 0 Å². The van der Waals surface area contributed by atoms with E-state index in [0.29, 0.717) is 0 Å². The van der Waals surface area contributed by atoms with Gasteiger partial charge in [-0.15, -0.1) is 0 Å². The summed E-state index contributed by atoms with van der Waals surface area (Å²) < 4.78 is 1.97. The molecule has 0 radical (unpaired) electrons. The zero-order valence-electron chi connectivity index (χ0n) is 11.7. The van der Waals surface area contributed by atoms with Gasteiger partial charge in [-0.2, -0.15) is 5.10 Å². The predicted molar refractivity (Wildman–Crippen MR) is 72.6 cm³/mol. The molecule has 17 heavy (non-hydrogen) atoms. The Morgan fingerprint density at radius 3 is 2.12 bits per heavy atom. The Morgan fingerprint density at radius 2 is 1.59 bits per heavy atom. The van der Waals surface area contributed by atoms with Gasteiger partial charge in [-0.25, -0.2) is 4.52 Å². The van der Waals surface area contributed by atoms with Crippen LogP contribution < -0.4 is 0 Å². The number of pyridine rings is 1. The van der Waals surface area contributed by atoms with Crippen LogP contribution in [0.25, 0.3) is 5.52 Å². The normalized spacial score (nSPS) is 13.3. The van der Waals surface area contributed by atoms with Gasteiger partial charge in [-0.3, -0.25) is 0 Å². The fraction of sp³-hybridized carbons (Fsp3) is 0.533. The van der Waals surface area contributed by atoms with E-state index in [0.717, 1.165) is 5.69 Å². The second kappa shape index (κ2) is 3.59. The molecule has 0 saturated carbocycles. The van der Waals surface area contributed by atoms with E-state index in [4.69, 9.17) is 0 Å². The number of aromatic nitrogens is 2. The molecule has 2 aromatic heterocycles. The van der Waals surface area contributed by atoms with E-state index in [1.807, 2.05) is 4.52 Å². The van der Waals surface area contributed by atoms with Crippen molar-refractivity contribution in [2.24, 2.45) is 0 Å². The molecular formula is C15H22N2. The van der Waals surface area contributed by atoms with Crippen LogP contribution in [0.2, 0.25) is 0 Å². The van der Waals surface area contributed by atoms with Crippen LogP contribution in [0.3, 0.4) is 0 Å². The van der Waals surface area contributed by atoms with Crippen LogP contribution in [0, 0.1) is 0 Å². The van der Waals surface area contributed by atoms with E-state index in [1.165, 1.54) is 11.1 Å². The molecule has 92 valence electrons. The molecule has 0 amide bonds. The molecule has 0 spiro atoms. The predicted octanol–water partition coefficient (Wildman–Crippen LogP) is 3.93. The van der Waals surface area contributed by atoms with E-state index in [9.17, 15) is 0 Å². The topological polar surface area (TPSA) is 17.3 Å². The summed E-state index contributed by atoms with van der Waals surface area (Å²) in [6.07, 6.45) is 2.06. The van der Waals surface area contributed by atoms with Crippen molar-refractivity contribution in [1.82, 2.24) is 9.61 Å². The third-order valence-corrected chi connectivity index (χ3v) is 3.10. The highest BCUT2D eigenvalue weighted by Crippen LogP contribution is 2.26. The highest BCUT2D eigenvalue weighted by Gasteiger charge is 2.19. The van der Waals surface area contributed by atoms with Crippen molar-refractivity contribution in [1.29, 1.82) is 0 Å². The van der Waals surface area contributed by atoms with E-state index >= 15 is 0 Å². The molecule has 0 aliphatic rings. The molecular weight excluding hydrogens is 208 g/mol. The summed E-state index contributed by atoms with van der Waals surface area (Å²) in [7, 11) is 0. The lowest BCUT2D eigenvalue weighted by atomic mass is 9.87. The van der Waals surface area contributed by atoms with Crippen molar-refractivity contribution in [2.75, 3.05) is 0 Å². The smallest absolute Gasteiger partial charge is 0.0688 e. The summed E-state index contributed by atoms with van der Waals surface area (Å²) in [5, 5.41) is 4.62. The molecule has 0 aromatic carbocycles. The zero-order chi connectivity index (χ0) is 12.8. The van der Waals surface area contributed by atoms with E-state index in [2.05, 4.69) is 71.0 Å². The Labute approximate surface area is 104 Å². The van der Waals surface area contributed by atoms with Gasteiger partial charge in [0.15, 0.2) is 0 Å². The Morgan fingerprint density at radius 1 is 0.941 bits per heavy atom. The van der Waals surface area contributed by atoms with Gasteiger partial charge in [0.25, 0.3) is 0 Å². The monoisotopic (exact) mass is 230 g/mol. The molecule has 2 heteroatoms. The minimum atomic E-state index is 0.105. The number of hydrogen-bond donors (Lipinski definition) is 0. The third kappa shape index (κ3) is 2.36. The second-order valence-corrected chi connectivity index (χ2v) is 6.81. The molecule has 0 aliphatic heterocycles. The first kappa shape index (κ1) is 12.2. The van der Waals surface area contributed by atoms with Gasteiger partial charge in [0.2, 0.25) is 0 Å². The minimum Gasteiger partial charge on any atom is -0.241 e. The molecule has 2 heterocycles. The van der Waals surface area contributed by atoms with Crippen LogP contribution in [-0.4, -0.2) is 9.61 Å². The van der Waals surface area contributed by atoms with E-state index in [1.54, 1.807) is 0 Å². The van der Waals surface area contributed by atoms with Gasteiger partial charge in [-0.05, 0) is 29.2 Å². The minimum absolute atomic E-state index is 0.105. The molecule has 0 aliphatic carbocycles. The summed E-state index contributed by atoms with van der Waals surface area (Å²) in [6.45, 7) is 13.3. The van der Waals surface area contributed by atoms with Crippen LogP contribution in [0.1, 0.15) is 52.8 Å². The standard InChI is InChI=1S/C15H22N2/c1-14(2,3)11-7-8-17-12(9-11)10-13(16-17)15(4,5)6/h7-10H,1-6H3. The van der Waals surface area contributed by atoms with Crippen LogP contribution in [-0.2, 0) is 10.8 Å². The van der Waals surface area contributed by atoms with Crippen molar-refractivity contribution in [3.05, 3.63) is 35.7 Å². The molecule has 2 nitrogen and oxygen atoms in total. The molecule has 0 saturated heterocycles. The van der Waals surface area contributed by atoms with E-state index in [-0.39, 0.29) is 10.8 Å². The van der Waals surface area contributed by atoms with Crippen LogP contribution in [0.4, 0.5) is 0 Å². The Kier molecular flexibility index (Phi) is 2.57. The molecule has 0 N–H and O–H groups in total. The van der Waals surface area contributed by atoms with Gasteiger partial charge < -0.3 is 0 Å². The fourth-order valence-corrected chi connectivity index (χ4v) is 1.83. The first-order valence-electron chi connectivity index (χ1n) is 6.18. The summed E-state index contributed by atoms with van der Waals surface area (Å²) in [4.78, 5) is 0. The molecule has 2 aromatic rings. The SMILES string of the molecule is CC(C)(C)c1ccn2nc(C(C)(C)C)cc2c1. The lowest BCUT2D eigenvalue weighted by Crippen LogP contribution is -2.12. The molecule has 0 unspecified atom stereocenters. The number of rotatable bonds is 0. The van der Waals surface area contributed by atoms with Gasteiger partial charge in [0.05, 0.1) is 11.2 Å². The Bertz CT molecular complexity index is 524. The van der Waals surface area contributed by atoms with Gasteiger partial charge >= 0.3 is 0 Å². The summed E-state index contributed by atoms with van der Waals surface area (Å²) in [6, 6.07) is 6.59. The fourth-order valence-electron chi connectivity index (χ4n) is 1.83. The Balaban J connectivity index is 2.56. The van der Waals surface area contributed by atoms with Crippen LogP contribution in [0.5, 0.6) is 0 Å². The maximum Gasteiger partial charge on any atom is 0.0688 e. The average molecular weight is 230 g/mol. The van der Waals surface area contributed by atoms with Crippen molar-refractivity contribution in [3.63, 3.8) is 0 Å². The first-order chi connectivity index (χ1) is 7.68. The number of nitrogens with zero attached hydrogens (tertiary/aromatic N) is 2. The largest absolute Gasteiger partial charge is 0.241 e. The van der Waals surface area contributed by atoms with Crippen LogP contribution in [0.15, 0.2) is 24.4 Å². The first-order valence-corrected chi connectivity index (χ1v) is 6.18. The third-order valence-electron chi connectivity index (χ3n) is 3.10. The second-order valence-electron chi connectivity index (χ2n) is 6.81. The highest BCUT2D eigenvalue weighted by atomic mass is 15.2. The number of fused-ring (bicyclic) bond motifs is 1. The molecule has 0 bridgehead atoms. The molecule has 0 atom stereocenters. The summed E-state index contributed by atoms with van der Waals surface area (Å²) in [5.41, 5.74) is 3.97. The lowest BCUT2D eigenvalue weighted by molar-refractivity contribution is 0.562.